The number of benzene rings is 1. The monoisotopic (exact) mass is 514 g/mol. The molecule has 0 unspecified atom stereocenters. The van der Waals surface area contributed by atoms with Crippen molar-refractivity contribution in [2.75, 3.05) is 32.0 Å². The number of rotatable bonds is 9. The molecule has 3 heterocycles. The second-order valence-corrected chi connectivity index (χ2v) is 9.86. The van der Waals surface area contributed by atoms with Crippen molar-refractivity contribution in [2.45, 2.75) is 45.6 Å². The number of nitrogen functional groups attached to an aromatic ring is 1. The zero-order valence-electron chi connectivity index (χ0n) is 21.8. The molecule has 1 aliphatic heterocycles. The number of ether oxygens (including phenoxy) is 1. The maximum atomic E-state index is 12.9. The molecule has 0 amide bonds. The Bertz CT molecular complexity index is 1510. The van der Waals surface area contributed by atoms with Crippen LogP contribution < -0.4 is 21.6 Å². The summed E-state index contributed by atoms with van der Waals surface area (Å²) in [5.41, 5.74) is 9.65. The van der Waals surface area contributed by atoms with E-state index in [0.29, 0.717) is 6.61 Å². The molecule has 1 fully saturated rings. The minimum atomic E-state index is -0.767. The number of allylic oxidation sites excluding steroid dienone is 4. The Hall–Kier alpha value is -3.98. The molecule has 0 atom stereocenters. The number of likely N-dealkylation sites (tertiary alicyclic amines) is 1. The van der Waals surface area contributed by atoms with Crippen molar-refractivity contribution in [2.24, 2.45) is 0 Å². The lowest BCUT2D eigenvalue weighted by Gasteiger charge is -2.16. The van der Waals surface area contributed by atoms with Gasteiger partial charge in [0, 0.05) is 6.54 Å². The molecule has 0 saturated carbocycles. The summed E-state index contributed by atoms with van der Waals surface area (Å²) in [5.74, 6) is 0.0637. The molecule has 9 heteroatoms. The smallest absolute Gasteiger partial charge is 0.320 e. The molecule has 9 nitrogen and oxygen atoms in total. The fourth-order valence-electron chi connectivity index (χ4n) is 4.89. The van der Waals surface area contributed by atoms with Crippen LogP contribution in [-0.4, -0.2) is 50.7 Å². The van der Waals surface area contributed by atoms with Crippen molar-refractivity contribution >= 4 is 22.6 Å². The standard InChI is InChI=1S/C29H34N6O3/c1-2-3-16-38-29-32-25(30)24-26(33-29)35(28(37)27(36)31-24)19-20-10-12-22(13-11-20)23-9-5-4-8-21(17-23)18-34-14-6-7-15-34/h4-5,8,10-13,17H,2-3,6-7,9,14-16,18-19H2,1H3,(H,31,36)(H2,30,32,33). The summed E-state index contributed by atoms with van der Waals surface area (Å²) in [4.78, 5) is 38.8. The van der Waals surface area contributed by atoms with Crippen molar-refractivity contribution < 1.29 is 4.74 Å². The molecule has 2 aliphatic rings. The van der Waals surface area contributed by atoms with Crippen LogP contribution in [0, 0.1) is 0 Å². The zero-order valence-corrected chi connectivity index (χ0v) is 21.8. The van der Waals surface area contributed by atoms with Gasteiger partial charge in [-0.25, -0.2) is 0 Å². The molecule has 0 bridgehead atoms. The third-order valence-electron chi connectivity index (χ3n) is 6.97. The van der Waals surface area contributed by atoms with Gasteiger partial charge in [0.25, 0.3) is 0 Å². The lowest BCUT2D eigenvalue weighted by Crippen LogP contribution is -2.37. The number of hydrogen-bond acceptors (Lipinski definition) is 7. The first-order valence-electron chi connectivity index (χ1n) is 13.3. The summed E-state index contributed by atoms with van der Waals surface area (Å²) >= 11 is 0. The lowest BCUT2D eigenvalue weighted by atomic mass is 9.99. The maximum Gasteiger partial charge on any atom is 0.320 e. The summed E-state index contributed by atoms with van der Waals surface area (Å²) < 4.78 is 6.96. The first-order chi connectivity index (χ1) is 18.5. The van der Waals surface area contributed by atoms with Gasteiger partial charge in [0.2, 0.25) is 0 Å². The van der Waals surface area contributed by atoms with E-state index in [2.05, 4.69) is 63.2 Å². The Morgan fingerprint density at radius 3 is 2.63 bits per heavy atom. The summed E-state index contributed by atoms with van der Waals surface area (Å²) in [6.45, 7) is 5.97. The van der Waals surface area contributed by atoms with Crippen LogP contribution in [0.3, 0.4) is 0 Å². The highest BCUT2D eigenvalue weighted by molar-refractivity contribution is 5.81. The van der Waals surface area contributed by atoms with Gasteiger partial charge < -0.3 is 15.5 Å². The SMILES string of the molecule is CCCCOc1nc(N)c2[nH]c(=O)c(=O)n(Cc3ccc(C4=CC(CN5CCCC5)=CC=CC4)cc3)c2n1. The van der Waals surface area contributed by atoms with Gasteiger partial charge in [-0.3, -0.25) is 19.1 Å². The van der Waals surface area contributed by atoms with Gasteiger partial charge in [0.1, 0.15) is 5.52 Å². The van der Waals surface area contributed by atoms with Gasteiger partial charge >= 0.3 is 17.1 Å². The van der Waals surface area contributed by atoms with E-state index >= 15 is 0 Å². The van der Waals surface area contributed by atoms with Gasteiger partial charge in [-0.1, -0.05) is 61.9 Å². The molecule has 38 heavy (non-hydrogen) atoms. The average Bonchev–Trinajstić information content (AvgIpc) is 3.31. The van der Waals surface area contributed by atoms with Crippen molar-refractivity contribution in [3.05, 3.63) is 86.0 Å². The Kier molecular flexibility index (Phi) is 7.83. The number of hydrogen-bond donors (Lipinski definition) is 2. The molecule has 1 aliphatic carbocycles. The van der Waals surface area contributed by atoms with Gasteiger partial charge in [-0.05, 0) is 61.0 Å². The van der Waals surface area contributed by atoms with E-state index in [1.54, 1.807) is 0 Å². The first-order valence-corrected chi connectivity index (χ1v) is 13.3. The normalized spacial score (nSPS) is 15.9. The predicted molar refractivity (Wildman–Crippen MR) is 150 cm³/mol. The van der Waals surface area contributed by atoms with Crippen LogP contribution in [0.5, 0.6) is 6.01 Å². The molecule has 198 valence electrons. The summed E-state index contributed by atoms with van der Waals surface area (Å²) in [7, 11) is 0. The number of nitrogens with one attached hydrogen (secondary N) is 1. The fraction of sp³-hybridized carbons (Fsp3) is 0.379. The van der Waals surface area contributed by atoms with E-state index in [4.69, 9.17) is 10.5 Å². The molecular formula is C29H34N6O3. The Balaban J connectivity index is 1.41. The van der Waals surface area contributed by atoms with Gasteiger partial charge in [0.05, 0.1) is 13.2 Å². The number of unbranched alkanes of at least 4 members (excludes halogenated alkanes) is 1. The highest BCUT2D eigenvalue weighted by Crippen LogP contribution is 2.25. The van der Waals surface area contributed by atoms with Crippen LogP contribution in [-0.2, 0) is 6.54 Å². The Labute approximate surface area is 221 Å². The van der Waals surface area contributed by atoms with Crippen LogP contribution in [0.15, 0.2) is 63.7 Å². The number of nitrogens with zero attached hydrogens (tertiary/aromatic N) is 4. The third kappa shape index (κ3) is 5.78. The molecular weight excluding hydrogens is 480 g/mol. The minimum absolute atomic E-state index is 0.0637. The van der Waals surface area contributed by atoms with Crippen LogP contribution in [0.2, 0.25) is 0 Å². The molecule has 0 radical (unpaired) electrons. The van der Waals surface area contributed by atoms with Gasteiger partial charge in [-0.2, -0.15) is 9.97 Å². The third-order valence-corrected chi connectivity index (χ3v) is 6.97. The van der Waals surface area contributed by atoms with Gasteiger partial charge in [0.15, 0.2) is 11.5 Å². The molecule has 0 spiro atoms. The number of anilines is 1. The molecule has 1 aromatic carbocycles. The molecule has 3 N–H and O–H groups in total. The number of aromatic nitrogens is 4. The molecule has 1 saturated heterocycles. The van der Waals surface area contributed by atoms with Crippen LogP contribution in [0.4, 0.5) is 5.82 Å². The van der Waals surface area contributed by atoms with Crippen molar-refractivity contribution in [3.63, 3.8) is 0 Å². The highest BCUT2D eigenvalue weighted by Gasteiger charge is 2.16. The largest absolute Gasteiger partial charge is 0.463 e. The second-order valence-electron chi connectivity index (χ2n) is 9.86. The topological polar surface area (TPSA) is 119 Å². The number of fused-ring (bicyclic) bond motifs is 1. The summed E-state index contributed by atoms with van der Waals surface area (Å²) in [5, 5.41) is 0. The van der Waals surface area contributed by atoms with E-state index in [9.17, 15) is 9.59 Å². The van der Waals surface area contributed by atoms with Crippen LogP contribution in [0.1, 0.15) is 50.2 Å². The van der Waals surface area contributed by atoms with Crippen LogP contribution in [0.25, 0.3) is 16.7 Å². The van der Waals surface area contributed by atoms with Gasteiger partial charge in [-0.15, -0.1) is 0 Å². The van der Waals surface area contributed by atoms with E-state index < -0.39 is 11.1 Å². The molecule has 2 aromatic heterocycles. The first kappa shape index (κ1) is 25.7. The van der Waals surface area contributed by atoms with E-state index in [1.807, 2.05) is 12.1 Å². The van der Waals surface area contributed by atoms with E-state index in [0.717, 1.165) is 50.0 Å². The number of aromatic amines is 1. The molecule has 3 aromatic rings. The zero-order chi connectivity index (χ0) is 26.5. The fourth-order valence-corrected chi connectivity index (χ4v) is 4.89. The summed E-state index contributed by atoms with van der Waals surface area (Å²) in [6.07, 6.45) is 14.0. The quantitative estimate of drug-likeness (QED) is 0.330. The number of H-pyrrole nitrogens is 1. The Morgan fingerprint density at radius 1 is 1.08 bits per heavy atom. The Morgan fingerprint density at radius 2 is 1.87 bits per heavy atom. The lowest BCUT2D eigenvalue weighted by molar-refractivity contribution is 0.286. The number of nitrogens with two attached hydrogens (primary N) is 1. The maximum absolute atomic E-state index is 12.9. The van der Waals surface area contributed by atoms with E-state index in [-0.39, 0.29) is 29.5 Å². The van der Waals surface area contributed by atoms with Crippen molar-refractivity contribution in [1.82, 2.24) is 24.4 Å². The van der Waals surface area contributed by atoms with Crippen molar-refractivity contribution in [1.29, 1.82) is 0 Å². The highest BCUT2D eigenvalue weighted by atomic mass is 16.5. The van der Waals surface area contributed by atoms with Crippen molar-refractivity contribution in [3.8, 4) is 6.01 Å². The van der Waals surface area contributed by atoms with Crippen LogP contribution >= 0.6 is 0 Å². The second kappa shape index (κ2) is 11.6. The minimum Gasteiger partial charge on any atom is -0.463 e. The predicted octanol–water partition coefficient (Wildman–Crippen LogP) is 3.65. The molecule has 5 rings (SSSR count). The van der Waals surface area contributed by atoms with E-state index in [1.165, 1.54) is 28.6 Å². The average molecular weight is 515 g/mol. The summed E-state index contributed by atoms with van der Waals surface area (Å²) in [6, 6.07) is 8.19.